The van der Waals surface area contributed by atoms with E-state index in [0.717, 1.165) is 0 Å². The van der Waals surface area contributed by atoms with Gasteiger partial charge in [0.2, 0.25) is 0 Å². The normalized spacial score (nSPS) is 45.6. The van der Waals surface area contributed by atoms with Gasteiger partial charge in [-0.05, 0) is 13.5 Å². The van der Waals surface area contributed by atoms with Crippen molar-refractivity contribution in [1.82, 2.24) is 10.6 Å². The van der Waals surface area contributed by atoms with Crippen LogP contribution < -0.4 is 39.3 Å². The number of nitrogens with two attached hydrogens (primary N) is 5. The minimum absolute atomic E-state index is 0.104. The summed E-state index contributed by atoms with van der Waals surface area (Å²) in [5, 5.41) is 79.0. The van der Waals surface area contributed by atoms with Crippen molar-refractivity contribution in [3.8, 4) is 0 Å². The van der Waals surface area contributed by atoms with E-state index in [9.17, 15) is 40.5 Å². The minimum atomic E-state index is -1.92. The molecular formula is C28H53N7O14. The molecule has 0 aromatic carbocycles. The molecule has 21 nitrogen and oxygen atoms in total. The predicted molar refractivity (Wildman–Crippen MR) is 165 cm³/mol. The van der Waals surface area contributed by atoms with Gasteiger partial charge < -0.3 is 103 Å². The molecule has 0 bridgehead atoms. The summed E-state index contributed by atoms with van der Waals surface area (Å²) in [5.41, 5.74) is 29.8. The summed E-state index contributed by atoms with van der Waals surface area (Å²) < 4.78 is 35.5. The molecule has 3 heterocycles. The molecule has 0 spiro atoms. The second-order valence-corrected chi connectivity index (χ2v) is 12.7. The SMILES string of the molecule is CNC[C@@H]1C=C[C@@H](N)[C@@H](O[C@H]2[C@H](O[C@@H]3O[C@H](CO)[C@@H](O[C@H]4O[C@@H](CN)[C@@H](O)[C@H](O)[C@H]4N)[C@H]3O)[C@@H](O)[C@H](NC(=O)C(O)[C@H](O)CN)C[C@@H]2N)O1. The van der Waals surface area contributed by atoms with Gasteiger partial charge in [-0.3, -0.25) is 4.79 Å². The summed E-state index contributed by atoms with van der Waals surface area (Å²) in [6.45, 7) is -0.866. The lowest BCUT2D eigenvalue weighted by Crippen LogP contribution is -2.67. The molecule has 0 aromatic heterocycles. The third kappa shape index (κ3) is 9.10. The highest BCUT2D eigenvalue weighted by Gasteiger charge is 2.54. The zero-order chi connectivity index (χ0) is 36.2. The molecule has 2 saturated heterocycles. The van der Waals surface area contributed by atoms with Crippen molar-refractivity contribution < 1.29 is 69.0 Å². The molecule has 1 saturated carbocycles. The van der Waals surface area contributed by atoms with Crippen LogP contribution in [-0.2, 0) is 33.2 Å². The molecule has 284 valence electrons. The van der Waals surface area contributed by atoms with E-state index in [-0.39, 0.29) is 13.0 Å². The topological polar surface area (TPSA) is 368 Å². The van der Waals surface area contributed by atoms with Gasteiger partial charge in [-0.1, -0.05) is 12.2 Å². The third-order valence-electron chi connectivity index (χ3n) is 9.12. The maximum absolute atomic E-state index is 12.7. The van der Waals surface area contributed by atoms with Gasteiger partial charge in [0.15, 0.2) is 25.0 Å². The van der Waals surface area contributed by atoms with E-state index >= 15 is 0 Å². The molecule has 1 aliphatic carbocycles. The Bertz CT molecular complexity index is 1080. The highest BCUT2D eigenvalue weighted by molar-refractivity contribution is 5.81. The number of carbonyl (C=O) groups excluding carboxylic acids is 1. The summed E-state index contributed by atoms with van der Waals surface area (Å²) in [6, 6.07) is -4.18. The molecule has 4 aliphatic rings. The van der Waals surface area contributed by atoms with E-state index < -0.39 is 135 Å². The summed E-state index contributed by atoms with van der Waals surface area (Å²) >= 11 is 0. The zero-order valence-corrected chi connectivity index (χ0v) is 27.0. The van der Waals surface area contributed by atoms with Gasteiger partial charge in [0.25, 0.3) is 5.91 Å². The Hall–Kier alpha value is -1.55. The number of ether oxygens (including phenoxy) is 6. The highest BCUT2D eigenvalue weighted by atomic mass is 16.8. The Balaban J connectivity index is 1.56. The Labute approximate surface area is 282 Å². The standard InChI is InChI=1S/C28H53N7O14/c1-34-7-9-2-3-10(31)26(44-9)47-22-11(32)4-12(35-25(43)18(39)13(37)5-29)17(38)24(22)49-28-21(42)23(15(8-36)46-28)48-27-16(33)20(41)19(40)14(6-30)45-27/h2-3,9-24,26-28,34,36-42H,4-8,29-33H2,1H3,(H,35,43)/t9-,10+,11-,12+,13+,14-,15+,16+,17-,18?,19+,20+,21+,22+,23+,24+,26+,27+,28-/m0/s1. The zero-order valence-electron chi connectivity index (χ0n) is 27.0. The van der Waals surface area contributed by atoms with Crippen molar-refractivity contribution in [1.29, 1.82) is 0 Å². The van der Waals surface area contributed by atoms with Crippen LogP contribution in [0.15, 0.2) is 12.2 Å². The average molecular weight is 712 g/mol. The quantitative estimate of drug-likeness (QED) is 0.0744. The van der Waals surface area contributed by atoms with Crippen LogP contribution in [-0.4, -0.2) is 191 Å². The van der Waals surface area contributed by atoms with Gasteiger partial charge in [-0.15, -0.1) is 0 Å². The van der Waals surface area contributed by atoms with Crippen LogP contribution in [0.3, 0.4) is 0 Å². The predicted octanol–water partition coefficient (Wildman–Crippen LogP) is -8.96. The average Bonchev–Trinajstić information content (AvgIpc) is 3.38. The van der Waals surface area contributed by atoms with Crippen molar-refractivity contribution >= 4 is 5.91 Å². The monoisotopic (exact) mass is 711 g/mol. The number of nitrogens with one attached hydrogen (secondary N) is 2. The van der Waals surface area contributed by atoms with Crippen LogP contribution in [0.5, 0.6) is 0 Å². The molecule has 1 unspecified atom stereocenters. The van der Waals surface area contributed by atoms with E-state index in [1.165, 1.54) is 0 Å². The highest BCUT2D eigenvalue weighted by Crippen LogP contribution is 2.34. The van der Waals surface area contributed by atoms with Gasteiger partial charge in [-0.25, -0.2) is 0 Å². The lowest BCUT2D eigenvalue weighted by molar-refractivity contribution is -0.284. The fourth-order valence-electron chi connectivity index (χ4n) is 6.24. The van der Waals surface area contributed by atoms with Crippen LogP contribution in [0.1, 0.15) is 6.42 Å². The molecular weight excluding hydrogens is 658 g/mol. The fraction of sp³-hybridized carbons (Fsp3) is 0.893. The Morgan fingerprint density at radius 1 is 0.857 bits per heavy atom. The number of amides is 1. The first-order valence-electron chi connectivity index (χ1n) is 16.2. The van der Waals surface area contributed by atoms with Crippen LogP contribution in [0.2, 0.25) is 0 Å². The molecule has 21 heteroatoms. The summed E-state index contributed by atoms with van der Waals surface area (Å²) in [5.74, 6) is -1.04. The second-order valence-electron chi connectivity index (χ2n) is 12.7. The summed E-state index contributed by atoms with van der Waals surface area (Å²) in [7, 11) is 1.73. The number of likely N-dealkylation sites (N-methyl/N-ethyl adjacent to an activating group) is 1. The maximum atomic E-state index is 12.7. The summed E-state index contributed by atoms with van der Waals surface area (Å²) in [4.78, 5) is 12.7. The van der Waals surface area contributed by atoms with Crippen LogP contribution in [0.25, 0.3) is 0 Å². The molecule has 3 fully saturated rings. The van der Waals surface area contributed by atoms with Crippen LogP contribution in [0, 0.1) is 0 Å². The molecule has 19 N–H and O–H groups in total. The molecule has 49 heavy (non-hydrogen) atoms. The van der Waals surface area contributed by atoms with Crippen molar-refractivity contribution in [2.45, 2.75) is 123 Å². The number of aliphatic hydroxyl groups is 7. The lowest BCUT2D eigenvalue weighted by Gasteiger charge is -2.46. The van der Waals surface area contributed by atoms with E-state index in [2.05, 4.69) is 10.6 Å². The summed E-state index contributed by atoms with van der Waals surface area (Å²) in [6.07, 6.45) is -17.2. The molecule has 3 aliphatic heterocycles. The first-order chi connectivity index (χ1) is 23.3. The maximum Gasteiger partial charge on any atom is 0.251 e. The molecule has 19 atom stereocenters. The van der Waals surface area contributed by atoms with Gasteiger partial charge in [-0.2, -0.15) is 0 Å². The third-order valence-corrected chi connectivity index (χ3v) is 9.12. The Morgan fingerprint density at radius 2 is 1.51 bits per heavy atom. The second kappa shape index (κ2) is 17.8. The number of hydrogen-bond donors (Lipinski definition) is 14. The van der Waals surface area contributed by atoms with E-state index in [4.69, 9.17) is 57.1 Å². The van der Waals surface area contributed by atoms with Crippen molar-refractivity contribution in [2.75, 3.05) is 33.3 Å². The van der Waals surface area contributed by atoms with Crippen molar-refractivity contribution in [3.05, 3.63) is 12.2 Å². The fourth-order valence-corrected chi connectivity index (χ4v) is 6.24. The molecule has 1 amide bonds. The molecule has 0 radical (unpaired) electrons. The van der Waals surface area contributed by atoms with Crippen molar-refractivity contribution in [2.24, 2.45) is 28.7 Å². The van der Waals surface area contributed by atoms with Crippen LogP contribution >= 0.6 is 0 Å². The first kappa shape index (κ1) is 40.2. The number of rotatable bonds is 14. The first-order valence-corrected chi connectivity index (χ1v) is 16.2. The van der Waals surface area contributed by atoms with Gasteiger partial charge in [0.1, 0.15) is 61.0 Å². The van der Waals surface area contributed by atoms with E-state index in [1.807, 2.05) is 0 Å². The number of carbonyl (C=O) groups is 1. The van der Waals surface area contributed by atoms with E-state index in [1.54, 1.807) is 19.2 Å². The van der Waals surface area contributed by atoms with Gasteiger partial charge in [0, 0.05) is 25.7 Å². The largest absolute Gasteiger partial charge is 0.394 e. The number of aliphatic hydroxyl groups excluding tert-OH is 7. The van der Waals surface area contributed by atoms with Gasteiger partial charge in [0.05, 0.1) is 30.8 Å². The Morgan fingerprint density at radius 3 is 2.14 bits per heavy atom. The number of hydrogen-bond acceptors (Lipinski definition) is 20. The molecule has 4 rings (SSSR count). The minimum Gasteiger partial charge on any atom is -0.394 e. The smallest absolute Gasteiger partial charge is 0.251 e. The van der Waals surface area contributed by atoms with Gasteiger partial charge >= 0.3 is 0 Å². The van der Waals surface area contributed by atoms with E-state index in [0.29, 0.717) is 6.54 Å². The Kier molecular flexibility index (Phi) is 14.6. The van der Waals surface area contributed by atoms with Crippen LogP contribution in [0.4, 0.5) is 0 Å². The molecule has 0 aromatic rings. The van der Waals surface area contributed by atoms with Crippen molar-refractivity contribution in [3.63, 3.8) is 0 Å². The lowest BCUT2D eigenvalue weighted by atomic mass is 9.83.